The van der Waals surface area contributed by atoms with Crippen molar-refractivity contribution in [1.82, 2.24) is 5.43 Å². The molecule has 0 saturated heterocycles. The maximum Gasteiger partial charge on any atom is 0.275 e. The van der Waals surface area contributed by atoms with Gasteiger partial charge in [-0.1, -0.05) is 40.2 Å². The van der Waals surface area contributed by atoms with E-state index in [0.29, 0.717) is 24.7 Å². The molecule has 0 aliphatic rings. The number of ether oxygens (including phenoxy) is 2. The Morgan fingerprint density at radius 1 is 1.07 bits per heavy atom. The van der Waals surface area contributed by atoms with Crippen molar-refractivity contribution >= 4 is 28.1 Å². The zero-order valence-corrected chi connectivity index (χ0v) is 17.9. The summed E-state index contributed by atoms with van der Waals surface area (Å²) in [5.74, 6) is 0.612. The van der Waals surface area contributed by atoms with Gasteiger partial charge in [-0.25, -0.2) is 5.43 Å². The number of hydrazone groups is 1. The van der Waals surface area contributed by atoms with Crippen LogP contribution in [0.3, 0.4) is 0 Å². The number of amides is 1. The van der Waals surface area contributed by atoms with Gasteiger partial charge < -0.3 is 14.6 Å². The zero-order chi connectivity index (χ0) is 21.3. The minimum Gasteiger partial charge on any atom is -0.507 e. The molecule has 0 fully saturated rings. The Balaban J connectivity index is 1.66. The van der Waals surface area contributed by atoms with Gasteiger partial charge in [0.1, 0.15) is 12.4 Å². The van der Waals surface area contributed by atoms with E-state index in [2.05, 4.69) is 26.5 Å². The number of carbonyl (C=O) groups excluding carboxylic acids is 1. The third kappa shape index (κ3) is 5.84. The first kappa shape index (κ1) is 21.4. The third-order valence-corrected chi connectivity index (χ3v) is 4.63. The molecule has 0 aliphatic heterocycles. The molecule has 2 N–H and O–H groups in total. The molecule has 3 aromatic rings. The number of rotatable bonds is 8. The second kappa shape index (κ2) is 10.5. The Morgan fingerprint density at radius 3 is 2.57 bits per heavy atom. The van der Waals surface area contributed by atoms with Crippen LogP contribution in [-0.2, 0) is 6.61 Å². The van der Waals surface area contributed by atoms with Gasteiger partial charge in [0.2, 0.25) is 0 Å². The fourth-order valence-corrected chi connectivity index (χ4v) is 2.89. The molecule has 30 heavy (non-hydrogen) atoms. The van der Waals surface area contributed by atoms with E-state index in [1.54, 1.807) is 24.3 Å². The van der Waals surface area contributed by atoms with E-state index < -0.39 is 5.91 Å². The Bertz CT molecular complexity index is 1040. The number of aromatic hydroxyl groups is 1. The molecule has 154 valence electrons. The zero-order valence-electron chi connectivity index (χ0n) is 16.3. The Kier molecular flexibility index (Phi) is 7.45. The van der Waals surface area contributed by atoms with Gasteiger partial charge in [0.25, 0.3) is 5.91 Å². The van der Waals surface area contributed by atoms with Crippen molar-refractivity contribution in [2.24, 2.45) is 5.10 Å². The number of phenolic OH excluding ortho intramolecular Hbond substituents is 1. The molecular formula is C23H21BrN2O4. The van der Waals surface area contributed by atoms with E-state index in [-0.39, 0.29) is 11.3 Å². The highest BCUT2D eigenvalue weighted by molar-refractivity contribution is 9.10. The number of nitrogens with zero attached hydrogens (tertiary/aromatic N) is 1. The number of benzene rings is 3. The molecule has 0 spiro atoms. The molecular weight excluding hydrogens is 448 g/mol. The van der Waals surface area contributed by atoms with Crippen molar-refractivity contribution in [3.8, 4) is 17.2 Å². The summed E-state index contributed by atoms with van der Waals surface area (Å²) in [6.07, 6.45) is 1.50. The van der Waals surface area contributed by atoms with Crippen LogP contribution in [-0.4, -0.2) is 23.8 Å². The molecule has 0 aromatic heterocycles. The average molecular weight is 469 g/mol. The van der Waals surface area contributed by atoms with Crippen molar-refractivity contribution in [2.75, 3.05) is 6.61 Å². The van der Waals surface area contributed by atoms with Crippen molar-refractivity contribution in [3.63, 3.8) is 0 Å². The molecule has 7 heteroatoms. The summed E-state index contributed by atoms with van der Waals surface area (Å²) < 4.78 is 12.6. The van der Waals surface area contributed by atoms with Crippen LogP contribution >= 0.6 is 15.9 Å². The number of nitrogens with one attached hydrogen (secondary N) is 1. The molecule has 3 rings (SSSR count). The van der Waals surface area contributed by atoms with Gasteiger partial charge in [0.05, 0.1) is 18.4 Å². The van der Waals surface area contributed by atoms with Gasteiger partial charge in [0.15, 0.2) is 11.5 Å². The summed E-state index contributed by atoms with van der Waals surface area (Å²) >= 11 is 3.42. The minimum atomic E-state index is -0.496. The number of phenols is 1. The van der Waals surface area contributed by atoms with Crippen molar-refractivity contribution in [2.45, 2.75) is 13.5 Å². The Hall–Kier alpha value is -3.32. The number of carbonyl (C=O) groups is 1. The summed E-state index contributed by atoms with van der Waals surface area (Å²) in [5.41, 5.74) is 4.32. The maximum atomic E-state index is 12.1. The van der Waals surface area contributed by atoms with Crippen LogP contribution in [0.5, 0.6) is 17.2 Å². The van der Waals surface area contributed by atoms with E-state index in [1.165, 1.54) is 18.3 Å². The van der Waals surface area contributed by atoms with Crippen LogP contribution in [0, 0.1) is 0 Å². The number of halogens is 1. The SMILES string of the molecule is CCOc1cc(/C=N/NC(=O)c2ccccc2O)ccc1OCc1ccc(Br)cc1. The molecule has 0 aliphatic carbocycles. The molecule has 1 amide bonds. The van der Waals surface area contributed by atoms with Crippen LogP contribution in [0.15, 0.2) is 76.3 Å². The van der Waals surface area contributed by atoms with Gasteiger partial charge in [-0.2, -0.15) is 5.10 Å². The number of para-hydroxylation sites is 1. The van der Waals surface area contributed by atoms with Gasteiger partial charge in [-0.15, -0.1) is 0 Å². The second-order valence-electron chi connectivity index (χ2n) is 6.27. The van der Waals surface area contributed by atoms with Crippen LogP contribution in [0.2, 0.25) is 0 Å². The predicted octanol–water partition coefficient (Wildman–Crippen LogP) is 4.90. The van der Waals surface area contributed by atoms with E-state index in [0.717, 1.165) is 15.6 Å². The monoisotopic (exact) mass is 468 g/mol. The minimum absolute atomic E-state index is 0.101. The van der Waals surface area contributed by atoms with E-state index >= 15 is 0 Å². The second-order valence-corrected chi connectivity index (χ2v) is 7.19. The van der Waals surface area contributed by atoms with Gasteiger partial charge in [0, 0.05) is 4.47 Å². The first-order valence-corrected chi connectivity index (χ1v) is 10.1. The molecule has 0 saturated carbocycles. The highest BCUT2D eigenvalue weighted by atomic mass is 79.9. The molecule has 0 unspecified atom stereocenters. The summed E-state index contributed by atoms with van der Waals surface area (Å²) in [4.78, 5) is 12.1. The van der Waals surface area contributed by atoms with E-state index in [1.807, 2.05) is 37.3 Å². The quantitative estimate of drug-likeness (QED) is 0.364. The fraction of sp³-hybridized carbons (Fsp3) is 0.130. The van der Waals surface area contributed by atoms with E-state index in [9.17, 15) is 9.90 Å². The lowest BCUT2D eigenvalue weighted by Gasteiger charge is -2.12. The molecule has 0 atom stereocenters. The molecule has 0 bridgehead atoms. The molecule has 3 aromatic carbocycles. The summed E-state index contributed by atoms with van der Waals surface area (Å²) in [6.45, 7) is 2.79. The maximum absolute atomic E-state index is 12.1. The largest absolute Gasteiger partial charge is 0.507 e. The lowest BCUT2D eigenvalue weighted by atomic mass is 10.2. The highest BCUT2D eigenvalue weighted by Crippen LogP contribution is 2.29. The highest BCUT2D eigenvalue weighted by Gasteiger charge is 2.09. The van der Waals surface area contributed by atoms with Crippen molar-refractivity contribution in [1.29, 1.82) is 0 Å². The average Bonchev–Trinajstić information content (AvgIpc) is 2.75. The van der Waals surface area contributed by atoms with Gasteiger partial charge in [-0.3, -0.25) is 4.79 Å². The van der Waals surface area contributed by atoms with Crippen LogP contribution < -0.4 is 14.9 Å². The van der Waals surface area contributed by atoms with Crippen LogP contribution in [0.1, 0.15) is 28.4 Å². The normalized spacial score (nSPS) is 10.7. The molecule has 0 heterocycles. The Labute approximate surface area is 183 Å². The van der Waals surface area contributed by atoms with Crippen LogP contribution in [0.25, 0.3) is 0 Å². The lowest BCUT2D eigenvalue weighted by Crippen LogP contribution is -2.17. The van der Waals surface area contributed by atoms with E-state index in [4.69, 9.17) is 9.47 Å². The smallest absolute Gasteiger partial charge is 0.275 e. The summed E-state index contributed by atoms with van der Waals surface area (Å²) in [5, 5.41) is 13.7. The topological polar surface area (TPSA) is 80.2 Å². The summed E-state index contributed by atoms with van der Waals surface area (Å²) in [7, 11) is 0. The first-order chi connectivity index (χ1) is 14.6. The number of hydrogen-bond acceptors (Lipinski definition) is 5. The third-order valence-electron chi connectivity index (χ3n) is 4.10. The van der Waals surface area contributed by atoms with Crippen LogP contribution in [0.4, 0.5) is 0 Å². The summed E-state index contributed by atoms with van der Waals surface area (Å²) in [6, 6.07) is 19.6. The van der Waals surface area contributed by atoms with Gasteiger partial charge >= 0.3 is 0 Å². The van der Waals surface area contributed by atoms with Gasteiger partial charge in [-0.05, 0) is 60.5 Å². The van der Waals surface area contributed by atoms with Crippen molar-refractivity contribution < 1.29 is 19.4 Å². The predicted molar refractivity (Wildman–Crippen MR) is 119 cm³/mol. The van der Waals surface area contributed by atoms with Crippen molar-refractivity contribution in [3.05, 3.63) is 87.9 Å². The first-order valence-electron chi connectivity index (χ1n) is 9.32. The Morgan fingerprint density at radius 2 is 1.83 bits per heavy atom. The fourth-order valence-electron chi connectivity index (χ4n) is 2.63. The molecule has 0 radical (unpaired) electrons. The number of hydrogen-bond donors (Lipinski definition) is 2. The lowest BCUT2D eigenvalue weighted by molar-refractivity contribution is 0.0952. The molecule has 6 nitrogen and oxygen atoms in total. The standard InChI is InChI=1S/C23H21BrN2O4/c1-2-29-22-13-17(14-25-26-23(28)19-5-3-4-6-20(19)27)9-12-21(22)30-15-16-7-10-18(24)11-8-16/h3-14,27H,2,15H2,1H3,(H,26,28)/b25-14+.